The smallest absolute Gasteiger partial charge is 0.248 e. The van der Waals surface area contributed by atoms with Crippen molar-refractivity contribution in [1.82, 2.24) is 0 Å². The van der Waals surface area contributed by atoms with Gasteiger partial charge in [0.05, 0.1) is 0 Å². The predicted molar refractivity (Wildman–Crippen MR) is 137 cm³/mol. The van der Waals surface area contributed by atoms with E-state index >= 15 is 0 Å². The lowest BCUT2D eigenvalue weighted by Gasteiger charge is -2.24. The first-order valence-electron chi connectivity index (χ1n) is 12.2. The SMILES string of the molecule is CCCC(CCCc1ccccc1C)c1ccc(C(N)=O)cc1C(C)C(=O)C1=CC=C(C)C1. The van der Waals surface area contributed by atoms with Gasteiger partial charge in [0.15, 0.2) is 5.78 Å². The Labute approximate surface area is 198 Å². The average Bonchev–Trinajstić information content (AvgIpc) is 3.24. The molecule has 0 bridgehead atoms. The number of aryl methyl sites for hydroxylation is 2. The molecule has 33 heavy (non-hydrogen) atoms. The monoisotopic (exact) mass is 443 g/mol. The maximum atomic E-state index is 13.3. The van der Waals surface area contributed by atoms with Crippen LogP contribution >= 0.6 is 0 Å². The van der Waals surface area contributed by atoms with Crippen LogP contribution < -0.4 is 5.73 Å². The van der Waals surface area contributed by atoms with Crippen LogP contribution in [-0.2, 0) is 11.2 Å². The summed E-state index contributed by atoms with van der Waals surface area (Å²) in [6.07, 6.45) is 9.99. The molecule has 1 aliphatic carbocycles. The van der Waals surface area contributed by atoms with Crippen molar-refractivity contribution in [2.45, 2.75) is 78.1 Å². The molecular weight excluding hydrogens is 406 g/mol. The van der Waals surface area contributed by atoms with Crippen LogP contribution in [0, 0.1) is 6.92 Å². The molecule has 1 aliphatic rings. The molecule has 2 aromatic rings. The molecule has 2 aromatic carbocycles. The Bertz CT molecular complexity index is 1080. The number of hydrogen-bond acceptors (Lipinski definition) is 2. The molecule has 0 saturated carbocycles. The minimum absolute atomic E-state index is 0.140. The molecule has 2 atom stereocenters. The fourth-order valence-corrected chi connectivity index (χ4v) is 4.96. The van der Waals surface area contributed by atoms with Crippen molar-refractivity contribution in [3.8, 4) is 0 Å². The summed E-state index contributed by atoms with van der Waals surface area (Å²) < 4.78 is 0. The van der Waals surface area contributed by atoms with Crippen molar-refractivity contribution in [2.75, 3.05) is 0 Å². The Morgan fingerprint density at radius 3 is 2.39 bits per heavy atom. The molecule has 3 heteroatoms. The van der Waals surface area contributed by atoms with Crippen LogP contribution in [0.5, 0.6) is 0 Å². The van der Waals surface area contributed by atoms with Crippen LogP contribution in [-0.4, -0.2) is 11.7 Å². The maximum Gasteiger partial charge on any atom is 0.248 e. The van der Waals surface area contributed by atoms with Crippen molar-refractivity contribution >= 4 is 11.7 Å². The van der Waals surface area contributed by atoms with Crippen LogP contribution in [0.15, 0.2) is 65.8 Å². The van der Waals surface area contributed by atoms with E-state index in [1.807, 2.05) is 44.2 Å². The van der Waals surface area contributed by atoms with Crippen molar-refractivity contribution in [3.63, 3.8) is 0 Å². The van der Waals surface area contributed by atoms with Crippen LogP contribution in [0.3, 0.4) is 0 Å². The fraction of sp³-hybridized carbons (Fsp3) is 0.400. The molecule has 0 heterocycles. The van der Waals surface area contributed by atoms with Crippen molar-refractivity contribution in [1.29, 1.82) is 0 Å². The van der Waals surface area contributed by atoms with E-state index in [0.29, 0.717) is 17.9 Å². The lowest BCUT2D eigenvalue weighted by atomic mass is 9.80. The van der Waals surface area contributed by atoms with E-state index in [2.05, 4.69) is 38.1 Å². The summed E-state index contributed by atoms with van der Waals surface area (Å²) in [6.45, 7) is 8.39. The Morgan fingerprint density at radius 1 is 1.00 bits per heavy atom. The summed E-state index contributed by atoms with van der Waals surface area (Å²) in [5.74, 6) is -0.267. The molecule has 0 saturated heterocycles. The van der Waals surface area contributed by atoms with Gasteiger partial charge in [-0.05, 0) is 91.8 Å². The standard InChI is InChI=1S/C30H37NO2/c1-5-9-24(13-8-12-23-11-7-6-10-21(23)3)27-17-16-26(30(31)33)19-28(27)22(4)29(32)25-15-14-20(2)18-25/h6-7,10-11,14-17,19,22,24H,5,8-9,12-13,18H2,1-4H3,(H2,31,33). The molecule has 174 valence electrons. The summed E-state index contributed by atoms with van der Waals surface area (Å²) in [7, 11) is 0. The highest BCUT2D eigenvalue weighted by Crippen LogP contribution is 2.36. The molecule has 3 rings (SSSR count). The lowest BCUT2D eigenvalue weighted by molar-refractivity contribution is -0.116. The minimum atomic E-state index is -0.452. The zero-order chi connectivity index (χ0) is 24.0. The highest BCUT2D eigenvalue weighted by atomic mass is 16.1. The van der Waals surface area contributed by atoms with Gasteiger partial charge in [-0.1, -0.05) is 68.3 Å². The molecule has 0 spiro atoms. The van der Waals surface area contributed by atoms with Gasteiger partial charge in [-0.25, -0.2) is 0 Å². The molecule has 2 unspecified atom stereocenters. The second-order valence-corrected chi connectivity index (χ2v) is 9.48. The van der Waals surface area contributed by atoms with Crippen LogP contribution in [0.1, 0.15) is 97.3 Å². The molecule has 0 fully saturated rings. The molecule has 0 aliphatic heterocycles. The number of carbonyl (C=O) groups is 2. The van der Waals surface area contributed by atoms with Crippen molar-refractivity contribution in [3.05, 3.63) is 93.6 Å². The Hall–Kier alpha value is -2.94. The number of hydrogen-bond donors (Lipinski definition) is 1. The number of rotatable bonds is 11. The zero-order valence-electron chi connectivity index (χ0n) is 20.5. The number of benzene rings is 2. The van der Waals surface area contributed by atoms with Gasteiger partial charge in [0.1, 0.15) is 0 Å². The largest absolute Gasteiger partial charge is 0.366 e. The normalized spacial score (nSPS) is 15.0. The lowest BCUT2D eigenvalue weighted by Crippen LogP contribution is -2.18. The van der Waals surface area contributed by atoms with E-state index in [1.54, 1.807) is 0 Å². The molecule has 0 aromatic heterocycles. The highest BCUT2D eigenvalue weighted by Gasteiger charge is 2.26. The van der Waals surface area contributed by atoms with Gasteiger partial charge in [-0.2, -0.15) is 0 Å². The number of amides is 1. The number of carbonyl (C=O) groups excluding carboxylic acids is 2. The van der Waals surface area contributed by atoms with Gasteiger partial charge in [0.25, 0.3) is 0 Å². The van der Waals surface area contributed by atoms with E-state index in [0.717, 1.165) is 43.2 Å². The number of nitrogens with two attached hydrogens (primary N) is 1. The highest BCUT2D eigenvalue weighted by molar-refractivity contribution is 6.02. The first-order valence-corrected chi connectivity index (χ1v) is 12.2. The number of ketones is 1. The number of primary amides is 1. The van der Waals surface area contributed by atoms with Gasteiger partial charge in [0, 0.05) is 11.5 Å². The zero-order valence-corrected chi connectivity index (χ0v) is 20.5. The van der Waals surface area contributed by atoms with Gasteiger partial charge < -0.3 is 5.73 Å². The first kappa shape index (κ1) is 24.7. The van der Waals surface area contributed by atoms with Crippen molar-refractivity contribution < 1.29 is 9.59 Å². The third kappa shape index (κ3) is 6.10. The summed E-state index contributed by atoms with van der Waals surface area (Å²) in [6, 6.07) is 14.3. The summed E-state index contributed by atoms with van der Waals surface area (Å²) in [4.78, 5) is 25.3. The average molecular weight is 444 g/mol. The summed E-state index contributed by atoms with van der Waals surface area (Å²) >= 11 is 0. The molecule has 3 nitrogen and oxygen atoms in total. The first-order chi connectivity index (χ1) is 15.8. The van der Waals surface area contributed by atoms with Crippen molar-refractivity contribution in [2.24, 2.45) is 5.73 Å². The van der Waals surface area contributed by atoms with Crippen LogP contribution in [0.2, 0.25) is 0 Å². The Balaban J connectivity index is 1.87. The number of allylic oxidation sites excluding steroid dienone is 4. The minimum Gasteiger partial charge on any atom is -0.366 e. The second-order valence-electron chi connectivity index (χ2n) is 9.48. The second kappa shape index (κ2) is 11.3. The molecule has 1 amide bonds. The van der Waals surface area contributed by atoms with Gasteiger partial charge in [0.2, 0.25) is 5.91 Å². The molecular formula is C30H37NO2. The Kier molecular flexibility index (Phi) is 8.43. The Morgan fingerprint density at radius 2 is 1.76 bits per heavy atom. The van der Waals surface area contributed by atoms with Crippen LogP contribution in [0.25, 0.3) is 0 Å². The summed E-state index contributed by atoms with van der Waals surface area (Å²) in [5, 5.41) is 0. The number of Topliss-reactive ketones (excluding diaryl/α,β-unsaturated/α-hetero) is 1. The van der Waals surface area contributed by atoms with E-state index in [1.165, 1.54) is 22.3 Å². The quantitative estimate of drug-likeness (QED) is 0.408. The van der Waals surface area contributed by atoms with E-state index in [9.17, 15) is 9.59 Å². The van der Waals surface area contributed by atoms with E-state index in [-0.39, 0.29) is 11.7 Å². The predicted octanol–water partition coefficient (Wildman–Crippen LogP) is 6.95. The van der Waals surface area contributed by atoms with E-state index in [4.69, 9.17) is 5.73 Å². The third-order valence-electron chi connectivity index (χ3n) is 6.92. The summed E-state index contributed by atoms with van der Waals surface area (Å²) in [5.41, 5.74) is 13.0. The van der Waals surface area contributed by atoms with Crippen LogP contribution in [0.4, 0.5) is 0 Å². The maximum absolute atomic E-state index is 13.3. The third-order valence-corrected chi connectivity index (χ3v) is 6.92. The molecule has 2 N–H and O–H groups in total. The van der Waals surface area contributed by atoms with E-state index < -0.39 is 5.91 Å². The van der Waals surface area contributed by atoms with Gasteiger partial charge in [-0.3, -0.25) is 9.59 Å². The van der Waals surface area contributed by atoms with Gasteiger partial charge in [-0.15, -0.1) is 0 Å². The molecule has 0 radical (unpaired) electrons. The topological polar surface area (TPSA) is 60.2 Å². The van der Waals surface area contributed by atoms with Gasteiger partial charge >= 0.3 is 0 Å². The fourth-order valence-electron chi connectivity index (χ4n) is 4.96.